The highest BCUT2D eigenvalue weighted by molar-refractivity contribution is 5.90. The van der Waals surface area contributed by atoms with Crippen LogP contribution in [0.1, 0.15) is 114 Å². The van der Waals surface area contributed by atoms with E-state index in [9.17, 15) is 24.9 Å². The van der Waals surface area contributed by atoms with Gasteiger partial charge in [-0.2, -0.15) is 0 Å². The normalized spacial score (nSPS) is 20.9. The number of hydrogen-bond acceptors (Lipinski definition) is 8. The fraction of sp³-hybridized carbons (Fsp3) is 0.649. The molecule has 0 aliphatic heterocycles. The number of carbonyl (C=O) groups is 2. The Bertz CT molecular complexity index is 1320. The molecule has 7 N–H and O–H groups in total. The molecule has 1 saturated carbocycles. The quantitative estimate of drug-likeness (QED) is 0.0704. The van der Waals surface area contributed by atoms with Crippen LogP contribution >= 0.6 is 0 Å². The Morgan fingerprint density at radius 2 is 1.89 bits per heavy atom. The fourth-order valence-electron chi connectivity index (χ4n) is 7.02. The number of hydrogen-bond donors (Lipinski definition) is 5. The van der Waals surface area contributed by atoms with Crippen molar-refractivity contribution in [1.29, 1.82) is 0 Å². The molecular formula is C37H55N3O7. The molecule has 0 saturated heterocycles. The largest absolute Gasteiger partial charge is 0.504 e. The predicted octanol–water partition coefficient (Wildman–Crippen LogP) is 4.44. The van der Waals surface area contributed by atoms with Gasteiger partial charge >= 0.3 is 0 Å². The number of fused-ring (bicyclic) bond motifs is 1. The van der Waals surface area contributed by atoms with Gasteiger partial charge in [0, 0.05) is 50.7 Å². The minimum absolute atomic E-state index is 0.00386. The summed E-state index contributed by atoms with van der Waals surface area (Å²) in [4.78, 5) is 30.0. The molecule has 260 valence electrons. The molecule has 10 heteroatoms. The summed E-state index contributed by atoms with van der Waals surface area (Å²) in [6, 6.07) is 1.59. The molecule has 4 atom stereocenters. The van der Waals surface area contributed by atoms with Crippen molar-refractivity contribution < 1.29 is 34.4 Å². The van der Waals surface area contributed by atoms with Crippen LogP contribution in [0.5, 0.6) is 11.5 Å². The zero-order valence-electron chi connectivity index (χ0n) is 28.4. The summed E-state index contributed by atoms with van der Waals surface area (Å²) in [6.07, 6.45) is 9.61. The minimum atomic E-state index is -0.285. The van der Waals surface area contributed by atoms with Crippen molar-refractivity contribution in [1.82, 2.24) is 0 Å². The number of aliphatic imine (C=N–C) groups is 1. The van der Waals surface area contributed by atoms with Gasteiger partial charge in [-0.1, -0.05) is 18.8 Å². The van der Waals surface area contributed by atoms with Gasteiger partial charge in [-0.05, 0) is 112 Å². The lowest BCUT2D eigenvalue weighted by atomic mass is 9.75. The number of guanidine groups is 1. The number of nitrogens with zero attached hydrogens (tertiary/aromatic N) is 1. The number of phenols is 1. The van der Waals surface area contributed by atoms with Crippen LogP contribution in [-0.4, -0.2) is 71.9 Å². The Balaban J connectivity index is 2.18. The number of ether oxygens (including phenoxy) is 2. The van der Waals surface area contributed by atoms with E-state index in [-0.39, 0.29) is 72.8 Å². The molecule has 0 bridgehead atoms. The number of Topliss-reactive ketones (excluding diaryl/α,β-unsaturated/α-hetero) is 1. The SMILES string of the molecule is CC[C@@H](CCO)/C(=C/C(=O)CCc1cc(OC2CCCC2)c(O)c2c1C#CC[C@@H](N=C(N)N)CC[C@H](COC)[C@H]2CCC(C)=O)CO. The molecule has 2 aliphatic carbocycles. The van der Waals surface area contributed by atoms with Crippen LogP contribution < -0.4 is 16.2 Å². The van der Waals surface area contributed by atoms with E-state index in [4.69, 9.17) is 20.9 Å². The zero-order valence-corrected chi connectivity index (χ0v) is 28.4. The molecule has 1 aromatic rings. The van der Waals surface area contributed by atoms with Gasteiger partial charge in [-0.15, -0.1) is 0 Å². The topological polar surface area (TPSA) is 178 Å². The van der Waals surface area contributed by atoms with Crippen LogP contribution in [-0.2, 0) is 20.7 Å². The Labute approximate surface area is 280 Å². The number of nitrogens with two attached hydrogens (primary N) is 2. The van der Waals surface area contributed by atoms with Crippen molar-refractivity contribution in [2.45, 2.75) is 115 Å². The summed E-state index contributed by atoms with van der Waals surface area (Å²) in [6.45, 7) is 3.65. The summed E-state index contributed by atoms with van der Waals surface area (Å²) >= 11 is 0. The van der Waals surface area contributed by atoms with Gasteiger partial charge < -0.3 is 41.1 Å². The molecule has 0 heterocycles. The number of aliphatic hydroxyl groups is 2. The van der Waals surface area contributed by atoms with Crippen LogP contribution in [0.15, 0.2) is 22.7 Å². The van der Waals surface area contributed by atoms with Crippen molar-refractivity contribution in [2.75, 3.05) is 26.9 Å². The first-order chi connectivity index (χ1) is 22.6. The lowest BCUT2D eigenvalue weighted by molar-refractivity contribution is -0.117. The molecule has 2 aliphatic rings. The van der Waals surface area contributed by atoms with E-state index in [1.807, 2.05) is 13.0 Å². The lowest BCUT2D eigenvalue weighted by Crippen LogP contribution is -2.27. The Kier molecular flexibility index (Phi) is 15.7. The average Bonchev–Trinajstić information content (AvgIpc) is 3.55. The van der Waals surface area contributed by atoms with Gasteiger partial charge in [0.2, 0.25) is 0 Å². The molecule has 0 radical (unpaired) electrons. The molecular weight excluding hydrogens is 598 g/mol. The average molecular weight is 654 g/mol. The standard InChI is InChI=1S/C37H55N3O7/c1-4-25(18-19-41)28(22-42)20-30(44)16-14-26-21-34(47-31-9-5-6-10-31)36(45)35-32(26)11-7-8-29(40-37(38)39)15-13-27(23-46-3)33(35)17-12-24(2)43/h20-21,25,27,29,31,33,41-42,45H,4-6,8-10,12-19,22-23H2,1-3H3,(H4,38,39,40)/b28-20+/t25-,27+,29+,33+/m0/s1. The third kappa shape index (κ3) is 11.4. The second-order valence-corrected chi connectivity index (χ2v) is 13.0. The van der Waals surface area contributed by atoms with Crippen molar-refractivity contribution >= 4 is 17.5 Å². The summed E-state index contributed by atoms with van der Waals surface area (Å²) < 4.78 is 12.1. The van der Waals surface area contributed by atoms with Gasteiger partial charge in [0.15, 0.2) is 23.2 Å². The highest BCUT2D eigenvalue weighted by atomic mass is 16.5. The molecule has 3 rings (SSSR count). The number of carbonyl (C=O) groups excluding carboxylic acids is 2. The number of aryl methyl sites for hydroxylation is 1. The maximum atomic E-state index is 13.3. The molecule has 0 spiro atoms. The van der Waals surface area contributed by atoms with Gasteiger partial charge in [-0.25, -0.2) is 4.99 Å². The Morgan fingerprint density at radius 1 is 1.15 bits per heavy atom. The monoisotopic (exact) mass is 653 g/mol. The van der Waals surface area contributed by atoms with E-state index in [2.05, 4.69) is 16.8 Å². The number of allylic oxidation sites excluding steroid dienone is 1. The second kappa shape index (κ2) is 19.4. The van der Waals surface area contributed by atoms with Gasteiger partial charge in [0.05, 0.1) is 18.8 Å². The van der Waals surface area contributed by atoms with E-state index in [1.54, 1.807) is 14.0 Å². The van der Waals surface area contributed by atoms with Crippen LogP contribution in [0.4, 0.5) is 0 Å². The zero-order chi connectivity index (χ0) is 34.3. The smallest absolute Gasteiger partial charge is 0.186 e. The second-order valence-electron chi connectivity index (χ2n) is 13.0. The van der Waals surface area contributed by atoms with E-state index in [0.29, 0.717) is 80.4 Å². The molecule has 0 amide bonds. The first kappa shape index (κ1) is 38.1. The first-order valence-electron chi connectivity index (χ1n) is 17.2. The number of benzene rings is 1. The van der Waals surface area contributed by atoms with Gasteiger partial charge in [0.1, 0.15) is 5.78 Å². The maximum absolute atomic E-state index is 13.3. The predicted molar refractivity (Wildman–Crippen MR) is 183 cm³/mol. The summed E-state index contributed by atoms with van der Waals surface area (Å²) in [5.74, 6) is 6.45. The molecule has 10 nitrogen and oxygen atoms in total. The number of phenolic OH excluding ortho intramolecular Hbond substituents is 1. The van der Waals surface area contributed by atoms with Crippen molar-refractivity contribution in [3.05, 3.63) is 34.4 Å². The van der Waals surface area contributed by atoms with Crippen molar-refractivity contribution in [3.8, 4) is 23.3 Å². The molecule has 1 fully saturated rings. The maximum Gasteiger partial charge on any atom is 0.186 e. The van der Waals surface area contributed by atoms with E-state index in [0.717, 1.165) is 31.2 Å². The van der Waals surface area contributed by atoms with E-state index >= 15 is 0 Å². The van der Waals surface area contributed by atoms with E-state index < -0.39 is 0 Å². The molecule has 0 aromatic heterocycles. The molecule has 1 aromatic carbocycles. The summed E-state index contributed by atoms with van der Waals surface area (Å²) in [5, 5.41) is 31.4. The Hall–Kier alpha value is -3.39. The number of rotatable bonds is 17. The van der Waals surface area contributed by atoms with Gasteiger partial charge in [-0.3, -0.25) is 4.79 Å². The van der Waals surface area contributed by atoms with Crippen LogP contribution in [0.25, 0.3) is 0 Å². The number of aromatic hydroxyl groups is 1. The van der Waals surface area contributed by atoms with Crippen molar-refractivity contribution in [2.24, 2.45) is 28.3 Å². The third-order valence-corrected chi connectivity index (χ3v) is 9.53. The van der Waals surface area contributed by atoms with Crippen LogP contribution in [0.2, 0.25) is 0 Å². The number of aliphatic hydroxyl groups excluding tert-OH is 2. The van der Waals surface area contributed by atoms with Crippen molar-refractivity contribution in [3.63, 3.8) is 0 Å². The van der Waals surface area contributed by atoms with Crippen LogP contribution in [0.3, 0.4) is 0 Å². The Morgan fingerprint density at radius 3 is 2.51 bits per heavy atom. The lowest BCUT2D eigenvalue weighted by Gasteiger charge is -2.31. The number of ketones is 2. The first-order valence-corrected chi connectivity index (χ1v) is 17.2. The highest BCUT2D eigenvalue weighted by Gasteiger charge is 2.33. The summed E-state index contributed by atoms with van der Waals surface area (Å²) in [5.41, 5.74) is 14.2. The highest BCUT2D eigenvalue weighted by Crippen LogP contribution is 2.46. The fourth-order valence-corrected chi connectivity index (χ4v) is 7.02. The minimum Gasteiger partial charge on any atom is -0.504 e. The van der Waals surface area contributed by atoms with Crippen LogP contribution in [0, 0.1) is 23.7 Å². The third-order valence-electron chi connectivity index (χ3n) is 9.53. The molecule has 47 heavy (non-hydrogen) atoms. The molecule has 0 unspecified atom stereocenters. The summed E-state index contributed by atoms with van der Waals surface area (Å²) in [7, 11) is 1.64. The van der Waals surface area contributed by atoms with E-state index in [1.165, 1.54) is 6.08 Å². The number of methoxy groups -OCH3 is 1. The van der Waals surface area contributed by atoms with Gasteiger partial charge in [0.25, 0.3) is 0 Å².